The number of carbonyl (C=O) groups is 2. The fourth-order valence-electron chi connectivity index (χ4n) is 4.05. The van der Waals surface area contributed by atoms with Crippen LogP contribution in [0.15, 0.2) is 0 Å². The Morgan fingerprint density at radius 3 is 2.74 bits per heavy atom. The molecule has 2 amide bonds. The standard InChI is InChI=1S/C16H27ClN4O2/c1-11-4-2-3-5-12(11)9-21-7-6-20(10-14(21)22)13-8-18-19-16(23)15(13)17/h11-13,15,18H,2-10H2,1H3,(H,19,23). The SMILES string of the molecule is CC1CCCCC1CN1CCN(C2CNNC(=O)C2Cl)CC1=O. The van der Waals surface area contributed by atoms with E-state index in [1.54, 1.807) is 0 Å². The van der Waals surface area contributed by atoms with Crippen molar-refractivity contribution in [3.8, 4) is 0 Å². The molecule has 6 nitrogen and oxygen atoms in total. The van der Waals surface area contributed by atoms with Crippen molar-refractivity contribution in [1.29, 1.82) is 0 Å². The van der Waals surface area contributed by atoms with Gasteiger partial charge in [0.25, 0.3) is 5.91 Å². The summed E-state index contributed by atoms with van der Waals surface area (Å²) in [6, 6.07) is -0.120. The van der Waals surface area contributed by atoms with Gasteiger partial charge in [0.05, 0.1) is 6.54 Å². The molecule has 0 aromatic carbocycles. The van der Waals surface area contributed by atoms with E-state index in [2.05, 4.69) is 17.8 Å². The fourth-order valence-corrected chi connectivity index (χ4v) is 4.36. The van der Waals surface area contributed by atoms with Gasteiger partial charge in [-0.2, -0.15) is 0 Å². The Kier molecular flexibility index (Phi) is 5.44. The van der Waals surface area contributed by atoms with E-state index in [4.69, 9.17) is 11.6 Å². The second-order valence-corrected chi connectivity index (χ2v) is 7.64. The molecule has 2 N–H and O–H groups in total. The number of amides is 2. The first-order chi connectivity index (χ1) is 11.1. The molecule has 0 radical (unpaired) electrons. The van der Waals surface area contributed by atoms with Gasteiger partial charge in [0.15, 0.2) is 0 Å². The quantitative estimate of drug-likeness (QED) is 0.736. The van der Waals surface area contributed by atoms with Crippen molar-refractivity contribution in [1.82, 2.24) is 20.7 Å². The van der Waals surface area contributed by atoms with Crippen molar-refractivity contribution in [2.45, 2.75) is 44.0 Å². The molecule has 3 fully saturated rings. The topological polar surface area (TPSA) is 64.7 Å². The molecule has 2 heterocycles. The van der Waals surface area contributed by atoms with Crippen LogP contribution in [0.2, 0.25) is 0 Å². The van der Waals surface area contributed by atoms with E-state index in [0.29, 0.717) is 24.9 Å². The Morgan fingerprint density at radius 2 is 2.00 bits per heavy atom. The van der Waals surface area contributed by atoms with Crippen LogP contribution in [0.3, 0.4) is 0 Å². The minimum absolute atomic E-state index is 0.120. The zero-order chi connectivity index (χ0) is 16.4. The molecule has 3 aliphatic rings. The average Bonchev–Trinajstić information content (AvgIpc) is 2.54. The number of nitrogens with one attached hydrogen (secondary N) is 2. The van der Waals surface area contributed by atoms with E-state index in [1.165, 1.54) is 25.7 Å². The predicted octanol–water partition coefficient (Wildman–Crippen LogP) is 0.567. The van der Waals surface area contributed by atoms with Gasteiger partial charge in [0.2, 0.25) is 5.91 Å². The summed E-state index contributed by atoms with van der Waals surface area (Å²) in [4.78, 5) is 28.3. The molecule has 0 aromatic heterocycles. The largest absolute Gasteiger partial charge is 0.340 e. The zero-order valence-electron chi connectivity index (χ0n) is 13.8. The summed E-state index contributed by atoms with van der Waals surface area (Å²) in [5, 5.41) is -0.603. The fraction of sp³-hybridized carbons (Fsp3) is 0.875. The van der Waals surface area contributed by atoms with Crippen LogP contribution < -0.4 is 10.9 Å². The van der Waals surface area contributed by atoms with Crippen LogP contribution in [0, 0.1) is 11.8 Å². The molecule has 23 heavy (non-hydrogen) atoms. The number of carbonyl (C=O) groups excluding carboxylic acids is 2. The second kappa shape index (κ2) is 7.36. The summed E-state index contributed by atoms with van der Waals surface area (Å²) < 4.78 is 0. The van der Waals surface area contributed by atoms with Crippen LogP contribution in [0.25, 0.3) is 0 Å². The number of rotatable bonds is 3. The van der Waals surface area contributed by atoms with E-state index in [9.17, 15) is 9.59 Å². The van der Waals surface area contributed by atoms with Crippen LogP contribution in [-0.2, 0) is 9.59 Å². The highest BCUT2D eigenvalue weighted by Crippen LogP contribution is 2.30. The van der Waals surface area contributed by atoms with Crippen molar-refractivity contribution in [2.75, 3.05) is 32.7 Å². The number of halogens is 1. The van der Waals surface area contributed by atoms with Gasteiger partial charge in [-0.3, -0.25) is 19.9 Å². The normalized spacial score (nSPS) is 36.9. The molecule has 0 aromatic rings. The second-order valence-electron chi connectivity index (χ2n) is 7.17. The van der Waals surface area contributed by atoms with Crippen molar-refractivity contribution < 1.29 is 9.59 Å². The lowest BCUT2D eigenvalue weighted by molar-refractivity contribution is -0.139. The van der Waals surface area contributed by atoms with Gasteiger partial charge in [-0.05, 0) is 18.3 Å². The Balaban J connectivity index is 1.55. The van der Waals surface area contributed by atoms with E-state index < -0.39 is 5.38 Å². The van der Waals surface area contributed by atoms with E-state index >= 15 is 0 Å². The van der Waals surface area contributed by atoms with E-state index in [1.807, 2.05) is 9.80 Å². The average molecular weight is 343 g/mol. The molecule has 3 rings (SSSR count). The van der Waals surface area contributed by atoms with Crippen LogP contribution in [0.4, 0.5) is 0 Å². The van der Waals surface area contributed by atoms with Gasteiger partial charge < -0.3 is 4.90 Å². The van der Waals surface area contributed by atoms with Gasteiger partial charge in [0, 0.05) is 32.2 Å². The van der Waals surface area contributed by atoms with E-state index in [-0.39, 0.29) is 17.9 Å². The first kappa shape index (κ1) is 17.0. The van der Waals surface area contributed by atoms with Crippen molar-refractivity contribution in [3.05, 3.63) is 0 Å². The van der Waals surface area contributed by atoms with Gasteiger partial charge in [0.1, 0.15) is 5.38 Å². The first-order valence-electron chi connectivity index (χ1n) is 8.75. The summed E-state index contributed by atoms with van der Waals surface area (Å²) in [6.07, 6.45) is 5.15. The maximum atomic E-state index is 12.5. The van der Waals surface area contributed by atoms with Gasteiger partial charge >= 0.3 is 0 Å². The Bertz CT molecular complexity index is 461. The summed E-state index contributed by atoms with van der Waals surface area (Å²) in [7, 11) is 0. The highest BCUT2D eigenvalue weighted by atomic mass is 35.5. The van der Waals surface area contributed by atoms with Crippen LogP contribution >= 0.6 is 11.6 Å². The Morgan fingerprint density at radius 1 is 1.22 bits per heavy atom. The Hall–Kier alpha value is -0.850. The zero-order valence-corrected chi connectivity index (χ0v) is 14.5. The minimum Gasteiger partial charge on any atom is -0.340 e. The van der Waals surface area contributed by atoms with Crippen molar-refractivity contribution >= 4 is 23.4 Å². The van der Waals surface area contributed by atoms with Crippen LogP contribution in [0.5, 0.6) is 0 Å². The highest BCUT2D eigenvalue weighted by molar-refractivity contribution is 6.31. The number of piperazine rings is 1. The lowest BCUT2D eigenvalue weighted by Gasteiger charge is -2.43. The lowest BCUT2D eigenvalue weighted by atomic mass is 9.80. The molecule has 2 aliphatic heterocycles. The van der Waals surface area contributed by atoms with Gasteiger partial charge in [-0.15, -0.1) is 11.6 Å². The van der Waals surface area contributed by atoms with Gasteiger partial charge in [-0.1, -0.05) is 26.2 Å². The van der Waals surface area contributed by atoms with Gasteiger partial charge in [-0.25, -0.2) is 5.43 Å². The molecule has 130 valence electrons. The molecule has 4 atom stereocenters. The monoisotopic (exact) mass is 342 g/mol. The highest BCUT2D eigenvalue weighted by Gasteiger charge is 2.38. The maximum absolute atomic E-state index is 12.5. The third kappa shape index (κ3) is 3.80. The Labute approximate surface area is 142 Å². The number of hydrogen-bond donors (Lipinski definition) is 2. The molecular formula is C16H27ClN4O2. The third-order valence-electron chi connectivity index (χ3n) is 5.67. The summed E-state index contributed by atoms with van der Waals surface area (Å²) in [6.45, 7) is 5.67. The summed E-state index contributed by atoms with van der Waals surface area (Å²) in [5.74, 6) is 1.31. The maximum Gasteiger partial charge on any atom is 0.253 e. The van der Waals surface area contributed by atoms with Crippen molar-refractivity contribution in [3.63, 3.8) is 0 Å². The first-order valence-corrected chi connectivity index (χ1v) is 9.18. The number of hydrogen-bond acceptors (Lipinski definition) is 4. The molecule has 0 spiro atoms. The molecule has 0 bridgehead atoms. The molecule has 7 heteroatoms. The summed E-state index contributed by atoms with van der Waals surface area (Å²) >= 11 is 6.21. The molecule has 2 saturated heterocycles. The minimum atomic E-state index is -0.603. The van der Waals surface area contributed by atoms with Crippen LogP contribution in [-0.4, -0.2) is 65.8 Å². The number of alkyl halides is 1. The predicted molar refractivity (Wildman–Crippen MR) is 88.8 cm³/mol. The third-order valence-corrected chi connectivity index (χ3v) is 6.16. The van der Waals surface area contributed by atoms with E-state index in [0.717, 1.165) is 19.6 Å². The summed E-state index contributed by atoms with van der Waals surface area (Å²) in [5.41, 5.74) is 5.40. The number of nitrogens with zero attached hydrogens (tertiary/aromatic N) is 2. The number of hydrazine groups is 1. The molecular weight excluding hydrogens is 316 g/mol. The molecule has 1 saturated carbocycles. The molecule has 1 aliphatic carbocycles. The smallest absolute Gasteiger partial charge is 0.253 e. The van der Waals surface area contributed by atoms with Crippen LogP contribution in [0.1, 0.15) is 32.6 Å². The van der Waals surface area contributed by atoms with Crippen molar-refractivity contribution in [2.24, 2.45) is 11.8 Å². The lowest BCUT2D eigenvalue weighted by Crippen LogP contribution is -2.65. The molecule has 4 unspecified atom stereocenters.